The van der Waals surface area contributed by atoms with E-state index in [1.165, 1.54) is 6.92 Å². The van der Waals surface area contributed by atoms with Crippen LogP contribution < -0.4 is 10.2 Å². The fourth-order valence-electron chi connectivity index (χ4n) is 3.95. The van der Waals surface area contributed by atoms with Crippen molar-refractivity contribution in [2.24, 2.45) is 0 Å². The van der Waals surface area contributed by atoms with Gasteiger partial charge in [-0.1, -0.05) is 0 Å². The maximum absolute atomic E-state index is 12.1. The third-order valence-corrected chi connectivity index (χ3v) is 4.92. The molecule has 7 heteroatoms. The standard InChI is InChI=1S/C16H23N5O2/c1-12(22)19-14-10-16(21(11-14)13(2)23)4-8-20(9-5-16)15-17-6-3-7-18-15/h3,6-7,14H,4-5,8-11H2,1-2H3,(H,19,22)/t14-/m1/s1. The molecule has 1 N–H and O–H groups in total. The van der Waals surface area contributed by atoms with Gasteiger partial charge in [0.05, 0.1) is 0 Å². The minimum absolute atomic E-state index is 0.0364. The first-order valence-corrected chi connectivity index (χ1v) is 8.07. The van der Waals surface area contributed by atoms with Crippen LogP contribution in [-0.2, 0) is 9.59 Å². The second-order valence-electron chi connectivity index (χ2n) is 6.49. The van der Waals surface area contributed by atoms with Crippen LogP contribution in [0.5, 0.6) is 0 Å². The molecule has 0 bridgehead atoms. The molecule has 3 heterocycles. The number of hydrogen-bond acceptors (Lipinski definition) is 5. The van der Waals surface area contributed by atoms with Gasteiger partial charge in [-0.05, 0) is 25.3 Å². The summed E-state index contributed by atoms with van der Waals surface area (Å²) >= 11 is 0. The molecule has 3 rings (SSSR count). The minimum atomic E-state index is -0.149. The van der Waals surface area contributed by atoms with Crippen LogP contribution in [0.3, 0.4) is 0 Å². The van der Waals surface area contributed by atoms with Gasteiger partial charge < -0.3 is 15.1 Å². The number of amides is 2. The fourth-order valence-corrected chi connectivity index (χ4v) is 3.95. The van der Waals surface area contributed by atoms with Crippen molar-refractivity contribution in [3.05, 3.63) is 18.5 Å². The maximum atomic E-state index is 12.1. The maximum Gasteiger partial charge on any atom is 0.225 e. The highest BCUT2D eigenvalue weighted by atomic mass is 16.2. The minimum Gasteiger partial charge on any atom is -0.352 e. The predicted octanol–water partition coefficient (Wildman–Crippen LogP) is 0.573. The number of aromatic nitrogens is 2. The molecular weight excluding hydrogens is 294 g/mol. The second-order valence-corrected chi connectivity index (χ2v) is 6.49. The largest absolute Gasteiger partial charge is 0.352 e. The van der Waals surface area contributed by atoms with E-state index in [0.29, 0.717) is 6.54 Å². The normalized spacial score (nSPS) is 23.1. The van der Waals surface area contributed by atoms with Crippen molar-refractivity contribution in [1.29, 1.82) is 0 Å². The molecule has 1 aromatic heterocycles. The predicted molar refractivity (Wildman–Crippen MR) is 85.8 cm³/mol. The zero-order valence-corrected chi connectivity index (χ0v) is 13.7. The van der Waals surface area contributed by atoms with Crippen LogP contribution in [0.4, 0.5) is 5.95 Å². The van der Waals surface area contributed by atoms with Crippen molar-refractivity contribution in [2.75, 3.05) is 24.5 Å². The van der Waals surface area contributed by atoms with Gasteiger partial charge >= 0.3 is 0 Å². The molecule has 7 nitrogen and oxygen atoms in total. The van der Waals surface area contributed by atoms with Gasteiger partial charge in [0.25, 0.3) is 0 Å². The summed E-state index contributed by atoms with van der Waals surface area (Å²) in [7, 11) is 0. The van der Waals surface area contributed by atoms with Gasteiger partial charge in [0, 0.05) is 57.5 Å². The van der Waals surface area contributed by atoms with Crippen LogP contribution in [0.25, 0.3) is 0 Å². The van der Waals surface area contributed by atoms with Gasteiger partial charge in [0.15, 0.2) is 0 Å². The van der Waals surface area contributed by atoms with Gasteiger partial charge in [0.1, 0.15) is 0 Å². The number of likely N-dealkylation sites (tertiary alicyclic amines) is 1. The molecule has 2 aliphatic heterocycles. The number of carbonyl (C=O) groups is 2. The molecule has 0 aromatic carbocycles. The lowest BCUT2D eigenvalue weighted by molar-refractivity contribution is -0.133. The van der Waals surface area contributed by atoms with E-state index in [1.807, 2.05) is 4.90 Å². The molecule has 1 spiro atoms. The number of rotatable bonds is 2. The smallest absolute Gasteiger partial charge is 0.225 e. The van der Waals surface area contributed by atoms with Crippen molar-refractivity contribution >= 4 is 17.8 Å². The van der Waals surface area contributed by atoms with Gasteiger partial charge in [-0.25, -0.2) is 9.97 Å². The van der Waals surface area contributed by atoms with E-state index in [1.54, 1.807) is 25.4 Å². The lowest BCUT2D eigenvalue weighted by Gasteiger charge is -2.44. The Kier molecular flexibility index (Phi) is 4.19. The summed E-state index contributed by atoms with van der Waals surface area (Å²) in [4.78, 5) is 36.1. The number of anilines is 1. The molecule has 2 aliphatic rings. The van der Waals surface area contributed by atoms with Crippen LogP contribution in [0, 0.1) is 0 Å². The monoisotopic (exact) mass is 317 g/mol. The molecule has 0 unspecified atom stereocenters. The third-order valence-electron chi connectivity index (χ3n) is 4.92. The van der Waals surface area contributed by atoms with Crippen molar-refractivity contribution in [1.82, 2.24) is 20.2 Å². The lowest BCUT2D eigenvalue weighted by Crippen LogP contribution is -2.53. The van der Waals surface area contributed by atoms with E-state index in [-0.39, 0.29) is 23.4 Å². The van der Waals surface area contributed by atoms with Crippen molar-refractivity contribution in [3.63, 3.8) is 0 Å². The Morgan fingerprint density at radius 3 is 2.43 bits per heavy atom. The second kappa shape index (κ2) is 6.14. The summed E-state index contributed by atoms with van der Waals surface area (Å²) in [6.07, 6.45) is 6.07. The Morgan fingerprint density at radius 2 is 1.87 bits per heavy atom. The first-order valence-electron chi connectivity index (χ1n) is 8.07. The average molecular weight is 317 g/mol. The quantitative estimate of drug-likeness (QED) is 0.863. The van der Waals surface area contributed by atoms with Gasteiger partial charge in [-0.2, -0.15) is 0 Å². The van der Waals surface area contributed by atoms with Crippen molar-refractivity contribution in [2.45, 2.75) is 44.7 Å². The summed E-state index contributed by atoms with van der Waals surface area (Å²) in [6.45, 7) is 5.39. The van der Waals surface area contributed by atoms with E-state index >= 15 is 0 Å². The van der Waals surface area contributed by atoms with Gasteiger partial charge in [-0.3, -0.25) is 9.59 Å². The Labute approximate surface area is 136 Å². The molecule has 1 aromatic rings. The molecule has 0 aliphatic carbocycles. The highest BCUT2D eigenvalue weighted by Crippen LogP contribution is 2.39. The lowest BCUT2D eigenvalue weighted by atomic mass is 9.84. The molecule has 0 saturated carbocycles. The summed E-state index contributed by atoms with van der Waals surface area (Å²) in [5.74, 6) is 0.793. The van der Waals surface area contributed by atoms with Crippen LogP contribution in [0.2, 0.25) is 0 Å². The van der Waals surface area contributed by atoms with Gasteiger partial charge in [0.2, 0.25) is 17.8 Å². The molecular formula is C16H23N5O2. The number of piperidine rings is 1. The molecule has 0 radical (unpaired) electrons. The summed E-state index contributed by atoms with van der Waals surface area (Å²) in [5.41, 5.74) is -0.149. The fraction of sp³-hybridized carbons (Fsp3) is 0.625. The van der Waals surface area contributed by atoms with Crippen LogP contribution in [0.15, 0.2) is 18.5 Å². The van der Waals surface area contributed by atoms with E-state index in [9.17, 15) is 9.59 Å². The number of hydrogen-bond donors (Lipinski definition) is 1. The number of carbonyl (C=O) groups excluding carboxylic acids is 2. The zero-order chi connectivity index (χ0) is 16.4. The molecule has 2 saturated heterocycles. The first-order chi connectivity index (χ1) is 11.0. The Bertz CT molecular complexity index is 583. The van der Waals surface area contributed by atoms with E-state index in [4.69, 9.17) is 0 Å². The number of nitrogens with zero attached hydrogens (tertiary/aromatic N) is 4. The molecule has 2 amide bonds. The average Bonchev–Trinajstić information content (AvgIpc) is 2.86. The number of nitrogens with one attached hydrogen (secondary N) is 1. The topological polar surface area (TPSA) is 78.4 Å². The Morgan fingerprint density at radius 1 is 1.22 bits per heavy atom. The van der Waals surface area contributed by atoms with E-state index in [0.717, 1.165) is 38.3 Å². The Balaban J connectivity index is 1.71. The van der Waals surface area contributed by atoms with Crippen molar-refractivity contribution in [3.8, 4) is 0 Å². The molecule has 124 valence electrons. The highest BCUT2D eigenvalue weighted by molar-refractivity contribution is 5.76. The molecule has 2 fully saturated rings. The van der Waals surface area contributed by atoms with Crippen molar-refractivity contribution < 1.29 is 9.59 Å². The first kappa shape index (κ1) is 15.7. The summed E-state index contributed by atoms with van der Waals surface area (Å²) < 4.78 is 0. The van der Waals surface area contributed by atoms with E-state index < -0.39 is 0 Å². The zero-order valence-electron chi connectivity index (χ0n) is 13.7. The molecule has 1 atom stereocenters. The summed E-state index contributed by atoms with van der Waals surface area (Å²) in [6, 6.07) is 1.86. The molecule has 23 heavy (non-hydrogen) atoms. The van der Waals surface area contributed by atoms with E-state index in [2.05, 4.69) is 20.2 Å². The van der Waals surface area contributed by atoms with Gasteiger partial charge in [-0.15, -0.1) is 0 Å². The third kappa shape index (κ3) is 3.13. The Hall–Kier alpha value is -2.18. The summed E-state index contributed by atoms with van der Waals surface area (Å²) in [5, 5.41) is 2.97. The van der Waals surface area contributed by atoms with Crippen LogP contribution >= 0.6 is 0 Å². The van der Waals surface area contributed by atoms with Crippen LogP contribution in [0.1, 0.15) is 33.1 Å². The SMILES string of the molecule is CC(=O)N[C@H]1CN(C(C)=O)C2(CCN(c3ncccn3)CC2)C1. The highest BCUT2D eigenvalue weighted by Gasteiger charge is 2.48. The van der Waals surface area contributed by atoms with Crippen LogP contribution in [-0.4, -0.2) is 57.9 Å².